The van der Waals surface area contributed by atoms with E-state index < -0.39 is 6.04 Å². The molecule has 1 rings (SSSR count). The van der Waals surface area contributed by atoms with E-state index in [1.165, 1.54) is 13.2 Å². The number of esters is 1. The van der Waals surface area contributed by atoms with Crippen molar-refractivity contribution < 1.29 is 13.9 Å². The van der Waals surface area contributed by atoms with Gasteiger partial charge < -0.3 is 10.1 Å². The van der Waals surface area contributed by atoms with Gasteiger partial charge >= 0.3 is 5.97 Å². The van der Waals surface area contributed by atoms with E-state index in [-0.39, 0.29) is 11.8 Å². The molecule has 1 aromatic carbocycles. The fourth-order valence-corrected chi connectivity index (χ4v) is 1.41. The number of ether oxygens (including phenoxy) is 1. The summed E-state index contributed by atoms with van der Waals surface area (Å²) in [6.07, 6.45) is 0.614. The Morgan fingerprint density at radius 1 is 1.56 bits per heavy atom. The fraction of sp³-hybridized carbons (Fsp3) is 0.417. The topological polar surface area (TPSA) is 38.3 Å². The van der Waals surface area contributed by atoms with E-state index in [1.807, 2.05) is 6.92 Å². The molecule has 88 valence electrons. The summed E-state index contributed by atoms with van der Waals surface area (Å²) in [6.45, 7) is 3.56. The molecule has 16 heavy (non-hydrogen) atoms. The number of aryl methyl sites for hydroxylation is 1. The summed E-state index contributed by atoms with van der Waals surface area (Å²) >= 11 is 0. The summed E-state index contributed by atoms with van der Waals surface area (Å²) < 4.78 is 17.7. The number of nitrogens with one attached hydrogen (secondary N) is 1. The summed E-state index contributed by atoms with van der Waals surface area (Å²) in [6, 6.07) is 4.26. The minimum absolute atomic E-state index is 0.253. The third-order valence-corrected chi connectivity index (χ3v) is 2.39. The first-order valence-electron chi connectivity index (χ1n) is 5.19. The predicted molar refractivity (Wildman–Crippen MR) is 60.9 cm³/mol. The number of methoxy groups -OCH3 is 1. The first-order valence-corrected chi connectivity index (χ1v) is 5.19. The molecule has 1 N–H and O–H groups in total. The molecular weight excluding hydrogens is 209 g/mol. The van der Waals surface area contributed by atoms with Crippen LogP contribution in [0, 0.1) is 12.7 Å². The number of anilines is 1. The third-order valence-electron chi connectivity index (χ3n) is 2.39. The second kappa shape index (κ2) is 5.49. The molecule has 0 saturated heterocycles. The number of carbonyl (C=O) groups is 1. The summed E-state index contributed by atoms with van der Waals surface area (Å²) in [5, 5.41) is 3.01. The van der Waals surface area contributed by atoms with Crippen LogP contribution in [-0.4, -0.2) is 19.1 Å². The molecule has 4 heteroatoms. The van der Waals surface area contributed by atoms with Gasteiger partial charge in [-0.2, -0.15) is 0 Å². The molecule has 1 atom stereocenters. The van der Waals surface area contributed by atoms with Crippen molar-refractivity contribution in [3.05, 3.63) is 29.6 Å². The molecule has 0 aromatic heterocycles. The van der Waals surface area contributed by atoms with Crippen LogP contribution in [0.1, 0.15) is 18.9 Å². The van der Waals surface area contributed by atoms with Crippen molar-refractivity contribution in [1.29, 1.82) is 0 Å². The van der Waals surface area contributed by atoms with Gasteiger partial charge in [-0.05, 0) is 37.1 Å². The van der Waals surface area contributed by atoms with Gasteiger partial charge in [-0.25, -0.2) is 9.18 Å². The Morgan fingerprint density at radius 3 is 2.75 bits per heavy atom. The maximum Gasteiger partial charge on any atom is 0.328 e. The lowest BCUT2D eigenvalue weighted by atomic mass is 10.1. The Balaban J connectivity index is 2.78. The van der Waals surface area contributed by atoms with Gasteiger partial charge in [-0.1, -0.05) is 6.92 Å². The van der Waals surface area contributed by atoms with Crippen LogP contribution in [0.2, 0.25) is 0 Å². The first kappa shape index (κ1) is 12.5. The van der Waals surface area contributed by atoms with Crippen molar-refractivity contribution in [2.45, 2.75) is 26.3 Å². The maximum atomic E-state index is 13.0. The highest BCUT2D eigenvalue weighted by molar-refractivity contribution is 5.79. The molecule has 0 fully saturated rings. The number of carbonyl (C=O) groups excluding carboxylic acids is 1. The van der Waals surface area contributed by atoms with Gasteiger partial charge in [-0.3, -0.25) is 0 Å². The number of benzene rings is 1. The van der Waals surface area contributed by atoms with Crippen molar-refractivity contribution in [3.63, 3.8) is 0 Å². The van der Waals surface area contributed by atoms with Crippen molar-refractivity contribution in [3.8, 4) is 0 Å². The quantitative estimate of drug-likeness (QED) is 0.800. The van der Waals surface area contributed by atoms with E-state index in [0.717, 1.165) is 5.69 Å². The van der Waals surface area contributed by atoms with E-state index in [0.29, 0.717) is 12.0 Å². The summed E-state index contributed by atoms with van der Waals surface area (Å²) in [7, 11) is 1.35. The maximum absolute atomic E-state index is 13.0. The average molecular weight is 225 g/mol. The summed E-state index contributed by atoms with van der Waals surface area (Å²) in [4.78, 5) is 11.3. The van der Waals surface area contributed by atoms with Gasteiger partial charge in [0, 0.05) is 5.69 Å². The molecule has 0 aliphatic heterocycles. The Hall–Kier alpha value is -1.58. The van der Waals surface area contributed by atoms with Crippen LogP contribution in [0.25, 0.3) is 0 Å². The lowest BCUT2D eigenvalue weighted by molar-refractivity contribution is -0.141. The molecule has 1 unspecified atom stereocenters. The van der Waals surface area contributed by atoms with E-state index in [4.69, 9.17) is 0 Å². The minimum atomic E-state index is -0.394. The Morgan fingerprint density at radius 2 is 2.25 bits per heavy atom. The van der Waals surface area contributed by atoms with Gasteiger partial charge in [0.25, 0.3) is 0 Å². The van der Waals surface area contributed by atoms with Crippen LogP contribution in [-0.2, 0) is 9.53 Å². The molecule has 0 amide bonds. The summed E-state index contributed by atoms with van der Waals surface area (Å²) in [5.41, 5.74) is 1.26. The molecule has 3 nitrogen and oxygen atoms in total. The lowest BCUT2D eigenvalue weighted by Crippen LogP contribution is -2.29. The molecular formula is C12H16FNO2. The normalized spacial score (nSPS) is 12.0. The number of halogens is 1. The molecule has 1 aromatic rings. The molecule has 0 saturated carbocycles. The largest absolute Gasteiger partial charge is 0.467 e. The van der Waals surface area contributed by atoms with Crippen molar-refractivity contribution in [2.75, 3.05) is 12.4 Å². The molecule has 0 spiro atoms. The van der Waals surface area contributed by atoms with E-state index in [2.05, 4.69) is 10.1 Å². The Bertz CT molecular complexity index is 379. The highest BCUT2D eigenvalue weighted by Gasteiger charge is 2.16. The standard InChI is InChI=1S/C12H16FNO2/c1-4-11(12(15)16-3)14-9-5-6-10(13)8(2)7-9/h5-7,11,14H,4H2,1-3H3. The Kier molecular flexibility index (Phi) is 4.28. The van der Waals surface area contributed by atoms with Gasteiger partial charge in [-0.15, -0.1) is 0 Å². The van der Waals surface area contributed by atoms with Crippen molar-refractivity contribution in [1.82, 2.24) is 0 Å². The molecule has 0 aliphatic rings. The van der Waals surface area contributed by atoms with Gasteiger partial charge in [0.1, 0.15) is 11.9 Å². The fourth-order valence-electron chi connectivity index (χ4n) is 1.41. The molecule has 0 bridgehead atoms. The highest BCUT2D eigenvalue weighted by atomic mass is 19.1. The zero-order valence-electron chi connectivity index (χ0n) is 9.71. The SMILES string of the molecule is CCC(Nc1ccc(F)c(C)c1)C(=O)OC. The van der Waals surface area contributed by atoms with Crippen LogP contribution in [0.3, 0.4) is 0 Å². The smallest absolute Gasteiger partial charge is 0.328 e. The predicted octanol–water partition coefficient (Wildman–Crippen LogP) is 2.50. The van der Waals surface area contributed by atoms with Crippen LogP contribution in [0.15, 0.2) is 18.2 Å². The number of hydrogen-bond donors (Lipinski definition) is 1. The van der Waals surface area contributed by atoms with E-state index in [9.17, 15) is 9.18 Å². The van der Waals surface area contributed by atoms with Crippen molar-refractivity contribution in [2.24, 2.45) is 0 Å². The van der Waals surface area contributed by atoms with Crippen LogP contribution >= 0.6 is 0 Å². The average Bonchev–Trinajstić information content (AvgIpc) is 2.29. The Labute approximate surface area is 94.6 Å². The minimum Gasteiger partial charge on any atom is -0.467 e. The summed E-state index contributed by atoms with van der Waals surface area (Å²) in [5.74, 6) is -0.568. The zero-order valence-corrected chi connectivity index (χ0v) is 9.71. The number of hydrogen-bond acceptors (Lipinski definition) is 3. The monoisotopic (exact) mass is 225 g/mol. The molecule has 0 radical (unpaired) electrons. The third kappa shape index (κ3) is 2.95. The second-order valence-corrected chi connectivity index (χ2v) is 3.59. The number of rotatable bonds is 4. The first-order chi connectivity index (χ1) is 7.58. The van der Waals surface area contributed by atoms with Crippen LogP contribution in [0.4, 0.5) is 10.1 Å². The van der Waals surface area contributed by atoms with Crippen LogP contribution < -0.4 is 5.32 Å². The van der Waals surface area contributed by atoms with Gasteiger partial charge in [0.05, 0.1) is 7.11 Å². The van der Waals surface area contributed by atoms with E-state index >= 15 is 0 Å². The van der Waals surface area contributed by atoms with Gasteiger partial charge in [0.2, 0.25) is 0 Å². The molecule has 0 heterocycles. The zero-order chi connectivity index (χ0) is 12.1. The molecule has 0 aliphatic carbocycles. The van der Waals surface area contributed by atoms with E-state index in [1.54, 1.807) is 19.1 Å². The second-order valence-electron chi connectivity index (χ2n) is 3.59. The van der Waals surface area contributed by atoms with Gasteiger partial charge in [0.15, 0.2) is 0 Å². The van der Waals surface area contributed by atoms with Crippen LogP contribution in [0.5, 0.6) is 0 Å². The highest BCUT2D eigenvalue weighted by Crippen LogP contribution is 2.15. The lowest BCUT2D eigenvalue weighted by Gasteiger charge is -2.16. The van der Waals surface area contributed by atoms with Crippen molar-refractivity contribution >= 4 is 11.7 Å².